The monoisotopic (exact) mass is 530 g/mol. The van der Waals surface area contributed by atoms with E-state index in [0.717, 1.165) is 37.4 Å². The van der Waals surface area contributed by atoms with Crippen LogP contribution in [0.2, 0.25) is 0 Å². The Bertz CT molecular complexity index is 1170. The number of rotatable bonds is 5. The molecular formula is C26H28F6N2O3. The first-order valence-corrected chi connectivity index (χ1v) is 11.8. The molecule has 1 aliphatic carbocycles. The van der Waals surface area contributed by atoms with Gasteiger partial charge in [-0.2, -0.15) is 26.3 Å². The number of ketones is 1. The molecule has 1 N–H and O–H groups in total. The highest BCUT2D eigenvalue weighted by Crippen LogP contribution is 2.50. The number of fused-ring (bicyclic) bond motifs is 1. The Balaban J connectivity index is 1.64. The van der Waals surface area contributed by atoms with Gasteiger partial charge in [-0.25, -0.2) is 0 Å². The Labute approximate surface area is 210 Å². The van der Waals surface area contributed by atoms with E-state index in [4.69, 9.17) is 4.74 Å². The smallest absolute Gasteiger partial charge is 0.430 e. The molecule has 0 bridgehead atoms. The molecule has 1 unspecified atom stereocenters. The molecule has 1 fully saturated rings. The number of methoxy groups -OCH3 is 1. The second-order valence-electron chi connectivity index (χ2n) is 9.85. The number of piperazine rings is 1. The Kier molecular flexibility index (Phi) is 7.00. The summed E-state index contributed by atoms with van der Waals surface area (Å²) in [6.45, 7) is 4.62. The third-order valence-corrected chi connectivity index (χ3v) is 7.21. The minimum absolute atomic E-state index is 0.0693. The van der Waals surface area contributed by atoms with Gasteiger partial charge in [-0.1, -0.05) is 23.8 Å². The Morgan fingerprint density at radius 2 is 1.59 bits per heavy atom. The molecule has 1 atom stereocenters. The van der Waals surface area contributed by atoms with E-state index in [2.05, 4.69) is 9.80 Å². The van der Waals surface area contributed by atoms with Crippen LogP contribution in [-0.2, 0) is 18.4 Å². The third kappa shape index (κ3) is 4.90. The van der Waals surface area contributed by atoms with Crippen molar-refractivity contribution in [1.82, 2.24) is 4.90 Å². The summed E-state index contributed by atoms with van der Waals surface area (Å²) in [5, 5.41) is 9.85. The van der Waals surface area contributed by atoms with Gasteiger partial charge >= 0.3 is 12.4 Å². The van der Waals surface area contributed by atoms with E-state index < -0.39 is 29.4 Å². The number of nitrogens with zero attached hydrogens (tertiary/aromatic N) is 2. The van der Waals surface area contributed by atoms with E-state index in [1.807, 2.05) is 13.1 Å². The molecule has 2 aromatic carbocycles. The number of halogens is 6. The van der Waals surface area contributed by atoms with Crippen LogP contribution in [0.1, 0.15) is 32.6 Å². The summed E-state index contributed by atoms with van der Waals surface area (Å²) in [5.74, 6) is -0.374. The highest BCUT2D eigenvalue weighted by molar-refractivity contribution is 6.03. The predicted octanol–water partition coefficient (Wildman–Crippen LogP) is 4.67. The molecular weight excluding hydrogens is 502 g/mol. The largest absolute Gasteiger partial charge is 0.495 e. The van der Waals surface area contributed by atoms with Crippen LogP contribution in [0, 0.1) is 12.8 Å². The van der Waals surface area contributed by atoms with Crippen molar-refractivity contribution in [3.63, 3.8) is 0 Å². The van der Waals surface area contributed by atoms with E-state index >= 15 is 0 Å². The van der Waals surface area contributed by atoms with Crippen LogP contribution in [-0.4, -0.2) is 68.5 Å². The fraction of sp³-hybridized carbons (Fsp3) is 0.500. The van der Waals surface area contributed by atoms with E-state index in [1.165, 1.54) is 20.1 Å². The number of aliphatic hydroxyl groups is 1. The molecule has 2 aromatic rings. The fourth-order valence-corrected chi connectivity index (χ4v) is 5.17. The van der Waals surface area contributed by atoms with Gasteiger partial charge in [-0.05, 0) is 50.1 Å². The summed E-state index contributed by atoms with van der Waals surface area (Å²) in [4.78, 5) is 17.6. The lowest BCUT2D eigenvalue weighted by Gasteiger charge is -2.35. The molecule has 5 nitrogen and oxygen atoms in total. The molecule has 0 spiro atoms. The Hall–Kier alpha value is -2.79. The predicted molar refractivity (Wildman–Crippen MR) is 125 cm³/mol. The maximum absolute atomic E-state index is 13.4. The number of ether oxygens (including phenoxy) is 1. The lowest BCUT2D eigenvalue weighted by molar-refractivity contribution is -0.376. The number of hydrogen-bond acceptors (Lipinski definition) is 5. The van der Waals surface area contributed by atoms with Crippen LogP contribution in [0.3, 0.4) is 0 Å². The van der Waals surface area contributed by atoms with Gasteiger partial charge in [0.25, 0.3) is 5.60 Å². The van der Waals surface area contributed by atoms with E-state index in [1.54, 1.807) is 6.07 Å². The number of Topliss-reactive ketones (excluding diaryl/α,β-unsaturated/α-hetero) is 1. The molecule has 2 aliphatic rings. The zero-order valence-corrected chi connectivity index (χ0v) is 20.6. The van der Waals surface area contributed by atoms with E-state index in [0.29, 0.717) is 29.9 Å². The summed E-state index contributed by atoms with van der Waals surface area (Å²) in [6.07, 6.45) is -11.7. The van der Waals surface area contributed by atoms with Crippen LogP contribution in [0.25, 0.3) is 0 Å². The topological polar surface area (TPSA) is 53.0 Å². The molecule has 4 rings (SSSR count). The van der Waals surface area contributed by atoms with Crippen LogP contribution in [0.5, 0.6) is 5.75 Å². The number of carbonyl (C=O) groups is 1. The summed E-state index contributed by atoms with van der Waals surface area (Å²) in [6, 6.07) is 6.36. The Morgan fingerprint density at radius 1 is 0.973 bits per heavy atom. The van der Waals surface area contributed by atoms with Gasteiger partial charge < -0.3 is 19.6 Å². The first kappa shape index (κ1) is 27.3. The van der Waals surface area contributed by atoms with E-state index in [-0.39, 0.29) is 23.3 Å². The highest BCUT2D eigenvalue weighted by atomic mass is 19.4. The van der Waals surface area contributed by atoms with E-state index in [9.17, 15) is 36.2 Å². The van der Waals surface area contributed by atoms with Crippen LogP contribution in [0.4, 0.5) is 32.0 Å². The van der Waals surface area contributed by atoms with Crippen molar-refractivity contribution in [2.45, 2.75) is 37.7 Å². The summed E-state index contributed by atoms with van der Waals surface area (Å²) in [5.41, 5.74) is -4.06. The number of likely N-dealkylation sites (N-methyl/N-ethyl adjacent to an activating group) is 1. The minimum Gasteiger partial charge on any atom is -0.495 e. The third-order valence-electron chi connectivity index (χ3n) is 7.21. The molecule has 202 valence electrons. The molecule has 37 heavy (non-hydrogen) atoms. The summed E-state index contributed by atoms with van der Waals surface area (Å²) < 4.78 is 86.2. The van der Waals surface area contributed by atoms with Gasteiger partial charge in [0, 0.05) is 43.2 Å². The van der Waals surface area contributed by atoms with Crippen molar-refractivity contribution in [1.29, 1.82) is 0 Å². The van der Waals surface area contributed by atoms with Crippen molar-refractivity contribution in [3.8, 4) is 5.75 Å². The SMILES string of the molecule is COc1cc2c(cc1N1CCN(C)CC1)CC(Cc1cc(C)cc(C(O)(C(F)(F)F)C(F)(F)F)c1)C2=O. The normalized spacial score (nSPS) is 19.4. The maximum atomic E-state index is 13.4. The summed E-state index contributed by atoms with van der Waals surface area (Å²) in [7, 11) is 3.54. The maximum Gasteiger partial charge on any atom is 0.430 e. The van der Waals surface area contributed by atoms with Gasteiger partial charge in [-0.15, -0.1) is 0 Å². The average Bonchev–Trinajstić information content (AvgIpc) is 3.10. The lowest BCUT2D eigenvalue weighted by atomic mass is 9.87. The molecule has 0 amide bonds. The lowest BCUT2D eigenvalue weighted by Crippen LogP contribution is -2.54. The van der Waals surface area contributed by atoms with Gasteiger partial charge in [0.05, 0.1) is 12.8 Å². The van der Waals surface area contributed by atoms with Gasteiger partial charge in [0.15, 0.2) is 5.78 Å². The number of anilines is 1. The molecule has 1 saturated heterocycles. The average molecular weight is 531 g/mol. The zero-order chi connectivity index (χ0) is 27.3. The van der Waals surface area contributed by atoms with Crippen molar-refractivity contribution >= 4 is 11.5 Å². The van der Waals surface area contributed by atoms with Crippen LogP contribution < -0.4 is 9.64 Å². The minimum atomic E-state index is -5.98. The van der Waals surface area contributed by atoms with Gasteiger partial charge in [0.2, 0.25) is 0 Å². The van der Waals surface area contributed by atoms with Crippen molar-refractivity contribution in [2.75, 3.05) is 45.2 Å². The van der Waals surface area contributed by atoms with Crippen molar-refractivity contribution in [3.05, 3.63) is 58.1 Å². The number of hydrogen-bond donors (Lipinski definition) is 1. The first-order valence-electron chi connectivity index (χ1n) is 11.8. The highest BCUT2D eigenvalue weighted by Gasteiger charge is 2.71. The quantitative estimate of drug-likeness (QED) is 0.570. The second-order valence-corrected chi connectivity index (χ2v) is 9.85. The molecule has 0 aromatic heterocycles. The number of aryl methyl sites for hydroxylation is 1. The second kappa shape index (κ2) is 9.50. The van der Waals surface area contributed by atoms with Gasteiger partial charge in [0.1, 0.15) is 5.75 Å². The fourth-order valence-electron chi connectivity index (χ4n) is 5.17. The molecule has 11 heteroatoms. The molecule has 1 aliphatic heterocycles. The summed E-state index contributed by atoms with van der Waals surface area (Å²) >= 11 is 0. The molecule has 0 radical (unpaired) electrons. The number of alkyl halides is 6. The van der Waals surface area contributed by atoms with Crippen LogP contribution in [0.15, 0.2) is 30.3 Å². The number of benzene rings is 2. The van der Waals surface area contributed by atoms with Crippen molar-refractivity contribution in [2.24, 2.45) is 5.92 Å². The first-order chi connectivity index (χ1) is 17.2. The van der Waals surface area contributed by atoms with Gasteiger partial charge in [-0.3, -0.25) is 4.79 Å². The number of carbonyl (C=O) groups excluding carboxylic acids is 1. The standard InChI is InChI=1S/C26H28F6N2O3/c1-15-8-16(11-19(9-15)24(36,25(27,28)29)26(30,31)32)10-18-12-17-13-21(34-6-4-33(2)5-7-34)22(37-3)14-20(17)23(18)35/h8-9,11,13-14,18,36H,4-7,10,12H2,1-3H3. The molecule has 0 saturated carbocycles. The van der Waals surface area contributed by atoms with Crippen LogP contribution >= 0.6 is 0 Å². The zero-order valence-electron chi connectivity index (χ0n) is 20.6. The Morgan fingerprint density at radius 3 is 2.16 bits per heavy atom. The molecule has 1 heterocycles. The van der Waals surface area contributed by atoms with Crippen molar-refractivity contribution < 1.29 is 41.0 Å².